The van der Waals surface area contributed by atoms with Crippen LogP contribution in [0.3, 0.4) is 0 Å². The summed E-state index contributed by atoms with van der Waals surface area (Å²) in [5, 5.41) is 0. The summed E-state index contributed by atoms with van der Waals surface area (Å²) in [7, 11) is 0. The molecule has 3 aromatic rings. The van der Waals surface area contributed by atoms with Crippen molar-refractivity contribution in [1.82, 2.24) is 0 Å². The van der Waals surface area contributed by atoms with E-state index in [1.807, 2.05) is 12.1 Å². The lowest BCUT2D eigenvalue weighted by molar-refractivity contribution is 0.609. The first-order valence-electron chi connectivity index (χ1n) is 10.3. The van der Waals surface area contributed by atoms with Gasteiger partial charge in [-0.05, 0) is 102 Å². The van der Waals surface area contributed by atoms with Crippen molar-refractivity contribution in [1.29, 1.82) is 0 Å². The third-order valence-electron chi connectivity index (χ3n) is 6.21. The maximum absolute atomic E-state index is 14.2. The van der Waals surface area contributed by atoms with Gasteiger partial charge >= 0.3 is 0 Å². The molecule has 1 aliphatic carbocycles. The van der Waals surface area contributed by atoms with Crippen LogP contribution in [0.25, 0.3) is 11.1 Å². The van der Waals surface area contributed by atoms with Crippen molar-refractivity contribution in [2.45, 2.75) is 40.0 Å². The molecular formula is C28H27F. The lowest BCUT2D eigenvalue weighted by atomic mass is 9.76. The van der Waals surface area contributed by atoms with Gasteiger partial charge in [-0.25, -0.2) is 4.39 Å². The first-order chi connectivity index (χ1) is 14.0. The number of benzene rings is 3. The van der Waals surface area contributed by atoms with Gasteiger partial charge in [-0.2, -0.15) is 0 Å². The molecule has 0 radical (unpaired) electrons. The Labute approximate surface area is 173 Å². The van der Waals surface area contributed by atoms with E-state index < -0.39 is 0 Å². The molecule has 0 saturated heterocycles. The minimum Gasteiger partial charge on any atom is -0.207 e. The van der Waals surface area contributed by atoms with Gasteiger partial charge in [0.05, 0.1) is 0 Å². The van der Waals surface area contributed by atoms with E-state index in [2.05, 4.69) is 63.7 Å². The molecule has 0 amide bonds. The van der Waals surface area contributed by atoms with E-state index in [1.54, 1.807) is 12.1 Å². The predicted molar refractivity (Wildman–Crippen MR) is 121 cm³/mol. The minimum absolute atomic E-state index is 0.126. The van der Waals surface area contributed by atoms with Gasteiger partial charge in [0.1, 0.15) is 5.82 Å². The van der Waals surface area contributed by atoms with E-state index in [-0.39, 0.29) is 5.82 Å². The molecule has 29 heavy (non-hydrogen) atoms. The van der Waals surface area contributed by atoms with Gasteiger partial charge in [0.25, 0.3) is 0 Å². The molecule has 0 saturated carbocycles. The SMILES string of the molecule is C=C1C(CCc2ccccc2F)=C(c2ccc(C)c(C)c2)Cc2cccc(C)c21. The van der Waals surface area contributed by atoms with Crippen LogP contribution in [0.5, 0.6) is 0 Å². The number of halogens is 1. The molecular weight excluding hydrogens is 355 g/mol. The van der Waals surface area contributed by atoms with E-state index in [4.69, 9.17) is 0 Å². The van der Waals surface area contributed by atoms with Crippen LogP contribution in [-0.2, 0) is 12.8 Å². The van der Waals surface area contributed by atoms with Crippen LogP contribution in [0.4, 0.5) is 4.39 Å². The molecule has 4 rings (SSSR count). The normalized spacial score (nSPS) is 13.6. The van der Waals surface area contributed by atoms with E-state index in [9.17, 15) is 4.39 Å². The van der Waals surface area contributed by atoms with Crippen LogP contribution < -0.4 is 0 Å². The van der Waals surface area contributed by atoms with Crippen molar-refractivity contribution in [2.75, 3.05) is 0 Å². The van der Waals surface area contributed by atoms with Crippen molar-refractivity contribution in [3.63, 3.8) is 0 Å². The molecule has 0 fully saturated rings. The molecule has 0 spiro atoms. The van der Waals surface area contributed by atoms with Crippen molar-refractivity contribution < 1.29 is 4.39 Å². The molecule has 1 heteroatoms. The fourth-order valence-electron chi connectivity index (χ4n) is 4.41. The van der Waals surface area contributed by atoms with Crippen LogP contribution in [0, 0.1) is 26.6 Å². The molecule has 0 N–H and O–H groups in total. The predicted octanol–water partition coefficient (Wildman–Crippen LogP) is 7.41. The summed E-state index contributed by atoms with van der Waals surface area (Å²) >= 11 is 0. The Bertz CT molecular complexity index is 1130. The van der Waals surface area contributed by atoms with Gasteiger partial charge in [-0.15, -0.1) is 0 Å². The Kier molecular flexibility index (Phi) is 5.24. The first-order valence-corrected chi connectivity index (χ1v) is 10.3. The van der Waals surface area contributed by atoms with Gasteiger partial charge < -0.3 is 0 Å². The van der Waals surface area contributed by atoms with Gasteiger partial charge in [-0.3, -0.25) is 0 Å². The second-order valence-electron chi connectivity index (χ2n) is 8.11. The van der Waals surface area contributed by atoms with E-state index in [0.29, 0.717) is 6.42 Å². The van der Waals surface area contributed by atoms with Crippen molar-refractivity contribution in [3.8, 4) is 0 Å². The van der Waals surface area contributed by atoms with Crippen molar-refractivity contribution in [2.24, 2.45) is 0 Å². The van der Waals surface area contributed by atoms with Crippen LogP contribution >= 0.6 is 0 Å². The van der Waals surface area contributed by atoms with Crippen LogP contribution in [0.15, 0.2) is 72.8 Å². The minimum atomic E-state index is -0.126. The van der Waals surface area contributed by atoms with Crippen LogP contribution in [-0.4, -0.2) is 0 Å². The third-order valence-corrected chi connectivity index (χ3v) is 6.21. The molecule has 0 unspecified atom stereocenters. The average Bonchev–Trinajstić information content (AvgIpc) is 2.70. The van der Waals surface area contributed by atoms with Gasteiger partial charge in [0.15, 0.2) is 0 Å². The van der Waals surface area contributed by atoms with Crippen LogP contribution in [0.2, 0.25) is 0 Å². The highest BCUT2D eigenvalue weighted by Gasteiger charge is 2.24. The molecule has 0 aliphatic heterocycles. The highest BCUT2D eigenvalue weighted by atomic mass is 19.1. The zero-order chi connectivity index (χ0) is 20.5. The third kappa shape index (κ3) is 3.70. The number of aryl methyl sites for hydroxylation is 4. The van der Waals surface area contributed by atoms with Crippen LogP contribution in [0.1, 0.15) is 45.4 Å². The molecule has 146 valence electrons. The molecule has 3 aromatic carbocycles. The molecule has 0 nitrogen and oxygen atoms in total. The summed E-state index contributed by atoms with van der Waals surface area (Å²) in [6.07, 6.45) is 2.36. The highest BCUT2D eigenvalue weighted by molar-refractivity contribution is 5.94. The molecule has 0 heterocycles. The zero-order valence-corrected chi connectivity index (χ0v) is 17.5. The fraction of sp³-hybridized carbons (Fsp3) is 0.214. The Morgan fingerprint density at radius 1 is 0.828 bits per heavy atom. The second kappa shape index (κ2) is 7.83. The largest absolute Gasteiger partial charge is 0.207 e. The lowest BCUT2D eigenvalue weighted by Gasteiger charge is -2.28. The zero-order valence-electron chi connectivity index (χ0n) is 17.5. The summed E-state index contributed by atoms with van der Waals surface area (Å²) < 4.78 is 14.2. The molecule has 0 aromatic heterocycles. The topological polar surface area (TPSA) is 0 Å². The summed E-state index contributed by atoms with van der Waals surface area (Å²) in [5.41, 5.74) is 12.2. The highest BCUT2D eigenvalue weighted by Crippen LogP contribution is 2.42. The van der Waals surface area contributed by atoms with Gasteiger partial charge in [0, 0.05) is 0 Å². The molecule has 0 atom stereocenters. The molecule has 0 bridgehead atoms. The van der Waals surface area contributed by atoms with E-state index in [0.717, 1.165) is 24.0 Å². The number of hydrogen-bond donors (Lipinski definition) is 0. The molecule has 1 aliphatic rings. The number of fused-ring (bicyclic) bond motifs is 1. The first kappa shape index (κ1) is 19.4. The number of rotatable bonds is 4. The maximum Gasteiger partial charge on any atom is 0.126 e. The summed E-state index contributed by atoms with van der Waals surface area (Å²) in [6, 6.07) is 20.3. The Morgan fingerprint density at radius 3 is 2.38 bits per heavy atom. The smallest absolute Gasteiger partial charge is 0.126 e. The Morgan fingerprint density at radius 2 is 1.62 bits per heavy atom. The Balaban J connectivity index is 1.80. The maximum atomic E-state index is 14.2. The van der Waals surface area contributed by atoms with Crippen molar-refractivity contribution in [3.05, 3.63) is 118 Å². The number of allylic oxidation sites excluding steroid dienone is 3. The Hall–Kier alpha value is -2.93. The lowest BCUT2D eigenvalue weighted by Crippen LogP contribution is -2.10. The monoisotopic (exact) mass is 382 g/mol. The summed E-state index contributed by atoms with van der Waals surface area (Å²) in [5.74, 6) is -0.126. The standard InChI is InChI=1S/C28H27F/c1-18-12-13-23(16-20(18)3)26-17-24-10-7-8-19(2)28(24)21(4)25(26)15-14-22-9-5-6-11-27(22)29/h5-13,16H,4,14-15,17H2,1-3H3. The van der Waals surface area contributed by atoms with Gasteiger partial charge in [0.2, 0.25) is 0 Å². The number of hydrogen-bond acceptors (Lipinski definition) is 0. The van der Waals surface area contributed by atoms with E-state index >= 15 is 0 Å². The average molecular weight is 383 g/mol. The van der Waals surface area contributed by atoms with E-state index in [1.165, 1.54) is 44.5 Å². The summed E-state index contributed by atoms with van der Waals surface area (Å²) in [4.78, 5) is 0. The van der Waals surface area contributed by atoms with Gasteiger partial charge in [-0.1, -0.05) is 61.2 Å². The quantitative estimate of drug-likeness (QED) is 0.441. The fourth-order valence-corrected chi connectivity index (χ4v) is 4.41. The second-order valence-corrected chi connectivity index (χ2v) is 8.11. The summed E-state index contributed by atoms with van der Waals surface area (Å²) in [6.45, 7) is 11.0. The van der Waals surface area contributed by atoms with Crippen molar-refractivity contribution >= 4 is 11.1 Å².